The summed E-state index contributed by atoms with van der Waals surface area (Å²) in [6.45, 7) is 2.20. The van der Waals surface area contributed by atoms with Crippen molar-refractivity contribution in [3.63, 3.8) is 0 Å². The molecule has 0 aromatic heterocycles. The number of hydrogen-bond donors (Lipinski definition) is 0. The van der Waals surface area contributed by atoms with Crippen LogP contribution in [0.1, 0.15) is 13.3 Å². The van der Waals surface area contributed by atoms with Crippen molar-refractivity contribution in [1.29, 1.82) is 0 Å². The Kier molecular flexibility index (Phi) is 2.22. The monoisotopic (exact) mass is 126 g/mol. The maximum Gasteiger partial charge on any atom is -0.00396 e. The zero-order valence-electron chi connectivity index (χ0n) is 5.00. The molecule has 0 aliphatic carbocycles. The van der Waals surface area contributed by atoms with Crippen LogP contribution in [0.3, 0.4) is 0 Å². The summed E-state index contributed by atoms with van der Waals surface area (Å²) in [5.41, 5.74) is 0. The van der Waals surface area contributed by atoms with Gasteiger partial charge in [0.25, 0.3) is 0 Å². The first-order chi connectivity index (χ1) is 3.93. The van der Waals surface area contributed by atoms with Crippen LogP contribution < -0.4 is 0 Å². The first-order valence-corrected chi connectivity index (χ1v) is 3.86. The largest absolute Gasteiger partial charge is 0.107 e. The Hall–Kier alpha value is -0.170. The molecule has 0 unspecified atom stereocenters. The average molecular weight is 126 g/mol. The van der Waals surface area contributed by atoms with E-state index in [-0.39, 0.29) is 0 Å². The molecular formula is C7H10S. The van der Waals surface area contributed by atoms with E-state index >= 15 is 0 Å². The Bertz CT molecular complexity index is 102. The summed E-state index contributed by atoms with van der Waals surface area (Å²) >= 11 is 1.75. The zero-order valence-corrected chi connectivity index (χ0v) is 5.82. The van der Waals surface area contributed by atoms with Crippen molar-refractivity contribution in [3.05, 3.63) is 23.0 Å². The number of allylic oxidation sites excluding steroid dienone is 2. The summed E-state index contributed by atoms with van der Waals surface area (Å²) in [6, 6.07) is 0. The lowest BCUT2D eigenvalue weighted by molar-refractivity contribution is 0.775. The molecule has 0 nitrogen and oxygen atoms in total. The van der Waals surface area contributed by atoms with Crippen LogP contribution in [0.4, 0.5) is 0 Å². The van der Waals surface area contributed by atoms with Crippen LogP contribution in [0.2, 0.25) is 0 Å². The maximum atomic E-state index is 2.24. The van der Waals surface area contributed by atoms with Gasteiger partial charge in [0.15, 0.2) is 0 Å². The second-order valence-electron chi connectivity index (χ2n) is 1.87. The molecule has 0 saturated heterocycles. The summed E-state index contributed by atoms with van der Waals surface area (Å²) in [7, 11) is 0. The molecule has 0 aromatic carbocycles. The number of hydrogen-bond acceptors (Lipinski definition) is 1. The molecule has 1 heteroatoms. The molecule has 1 aliphatic heterocycles. The van der Waals surface area contributed by atoms with Gasteiger partial charge in [-0.15, -0.1) is 11.8 Å². The van der Waals surface area contributed by atoms with E-state index in [1.165, 1.54) is 6.42 Å². The standard InChI is InChI=1S/C7H10S/c1-2-7-3-5-8-6-4-7/h3-7H,2H2,1H3. The van der Waals surface area contributed by atoms with Gasteiger partial charge in [-0.1, -0.05) is 19.1 Å². The molecule has 0 aromatic rings. The minimum atomic E-state index is 0.705. The average Bonchev–Trinajstić information content (AvgIpc) is 1.90. The fraction of sp³-hybridized carbons (Fsp3) is 0.429. The highest BCUT2D eigenvalue weighted by atomic mass is 32.2. The number of thioether (sulfide) groups is 1. The third kappa shape index (κ3) is 1.41. The van der Waals surface area contributed by atoms with Crippen LogP contribution in [0.5, 0.6) is 0 Å². The Balaban J connectivity index is 2.42. The van der Waals surface area contributed by atoms with Crippen LogP contribution in [0, 0.1) is 5.92 Å². The normalized spacial score (nSPS) is 19.6. The predicted octanol–water partition coefficient (Wildman–Crippen LogP) is 2.79. The number of rotatable bonds is 1. The summed E-state index contributed by atoms with van der Waals surface area (Å²) in [5.74, 6) is 0.705. The molecule has 8 heavy (non-hydrogen) atoms. The van der Waals surface area contributed by atoms with Gasteiger partial charge in [-0.2, -0.15) is 0 Å². The summed E-state index contributed by atoms with van der Waals surface area (Å²) < 4.78 is 0. The minimum Gasteiger partial charge on any atom is -0.107 e. The molecule has 1 heterocycles. The zero-order chi connectivity index (χ0) is 5.82. The van der Waals surface area contributed by atoms with Gasteiger partial charge in [-0.3, -0.25) is 0 Å². The van der Waals surface area contributed by atoms with E-state index in [0.29, 0.717) is 5.92 Å². The lowest BCUT2D eigenvalue weighted by Crippen LogP contribution is -1.88. The third-order valence-corrected chi connectivity index (χ3v) is 1.91. The lowest BCUT2D eigenvalue weighted by Gasteiger charge is -2.04. The summed E-state index contributed by atoms with van der Waals surface area (Å²) in [6.07, 6.45) is 5.71. The Labute approximate surface area is 54.7 Å². The molecule has 0 radical (unpaired) electrons. The van der Waals surface area contributed by atoms with Gasteiger partial charge in [-0.05, 0) is 23.2 Å². The highest BCUT2D eigenvalue weighted by molar-refractivity contribution is 8.04. The first-order valence-electron chi connectivity index (χ1n) is 2.92. The van der Waals surface area contributed by atoms with Gasteiger partial charge in [-0.25, -0.2) is 0 Å². The van der Waals surface area contributed by atoms with Gasteiger partial charge in [0, 0.05) is 0 Å². The van der Waals surface area contributed by atoms with Crippen molar-refractivity contribution in [1.82, 2.24) is 0 Å². The second kappa shape index (κ2) is 2.98. The molecule has 44 valence electrons. The van der Waals surface area contributed by atoms with Gasteiger partial charge in [0.2, 0.25) is 0 Å². The van der Waals surface area contributed by atoms with E-state index in [1.807, 2.05) is 0 Å². The second-order valence-corrected chi connectivity index (χ2v) is 2.68. The fourth-order valence-electron chi connectivity index (χ4n) is 0.674. The fourth-order valence-corrected chi connectivity index (χ4v) is 1.35. The van der Waals surface area contributed by atoms with Crippen LogP contribution in [-0.4, -0.2) is 0 Å². The molecule has 1 rings (SSSR count). The van der Waals surface area contributed by atoms with Crippen molar-refractivity contribution in [2.45, 2.75) is 13.3 Å². The highest BCUT2D eigenvalue weighted by Gasteiger charge is 1.96. The van der Waals surface area contributed by atoms with Crippen LogP contribution in [0.25, 0.3) is 0 Å². The maximum absolute atomic E-state index is 2.24. The van der Waals surface area contributed by atoms with Gasteiger partial charge >= 0.3 is 0 Å². The first kappa shape index (κ1) is 5.96. The smallest absolute Gasteiger partial charge is 0.00396 e. The van der Waals surface area contributed by atoms with E-state index in [1.54, 1.807) is 11.8 Å². The molecule has 0 saturated carbocycles. The van der Waals surface area contributed by atoms with Gasteiger partial charge < -0.3 is 0 Å². The molecule has 1 aliphatic rings. The van der Waals surface area contributed by atoms with E-state index in [9.17, 15) is 0 Å². The minimum absolute atomic E-state index is 0.705. The summed E-state index contributed by atoms with van der Waals surface area (Å²) in [4.78, 5) is 0. The molecule has 0 atom stereocenters. The van der Waals surface area contributed by atoms with Crippen molar-refractivity contribution >= 4 is 11.8 Å². The van der Waals surface area contributed by atoms with E-state index in [2.05, 4.69) is 29.9 Å². The Morgan fingerprint density at radius 2 is 2.00 bits per heavy atom. The van der Waals surface area contributed by atoms with E-state index in [0.717, 1.165) is 0 Å². The SMILES string of the molecule is CCC1C=CSC=C1. The molecular weight excluding hydrogens is 116 g/mol. The van der Waals surface area contributed by atoms with E-state index in [4.69, 9.17) is 0 Å². The van der Waals surface area contributed by atoms with E-state index < -0.39 is 0 Å². The molecule has 0 spiro atoms. The summed E-state index contributed by atoms with van der Waals surface area (Å²) in [5, 5.41) is 4.29. The predicted molar refractivity (Wildman–Crippen MR) is 39.7 cm³/mol. The van der Waals surface area contributed by atoms with Crippen molar-refractivity contribution < 1.29 is 0 Å². The van der Waals surface area contributed by atoms with Crippen LogP contribution in [-0.2, 0) is 0 Å². The van der Waals surface area contributed by atoms with Gasteiger partial charge in [0.1, 0.15) is 0 Å². The van der Waals surface area contributed by atoms with Crippen LogP contribution in [0.15, 0.2) is 23.0 Å². The quantitative estimate of drug-likeness (QED) is 0.520. The van der Waals surface area contributed by atoms with Crippen molar-refractivity contribution in [2.24, 2.45) is 5.92 Å². The van der Waals surface area contributed by atoms with Crippen LogP contribution >= 0.6 is 11.8 Å². The third-order valence-electron chi connectivity index (χ3n) is 1.28. The molecule has 0 bridgehead atoms. The molecule has 0 N–H and O–H groups in total. The Morgan fingerprint density at radius 3 is 2.38 bits per heavy atom. The Morgan fingerprint density at radius 1 is 1.38 bits per heavy atom. The topological polar surface area (TPSA) is 0 Å². The highest BCUT2D eigenvalue weighted by Crippen LogP contribution is 2.18. The van der Waals surface area contributed by atoms with Gasteiger partial charge in [0.05, 0.1) is 0 Å². The lowest BCUT2D eigenvalue weighted by atomic mass is 10.1. The molecule has 0 fully saturated rings. The van der Waals surface area contributed by atoms with Crippen molar-refractivity contribution in [2.75, 3.05) is 0 Å². The van der Waals surface area contributed by atoms with Crippen molar-refractivity contribution in [3.8, 4) is 0 Å². The molecule has 0 amide bonds.